The van der Waals surface area contributed by atoms with Gasteiger partial charge < -0.3 is 10.1 Å². The summed E-state index contributed by atoms with van der Waals surface area (Å²) >= 11 is 0. The van der Waals surface area contributed by atoms with Crippen LogP contribution in [0.25, 0.3) is 0 Å². The van der Waals surface area contributed by atoms with Gasteiger partial charge in [-0.1, -0.05) is 32.0 Å². The molecule has 0 heterocycles. The number of amides is 1. The predicted molar refractivity (Wildman–Crippen MR) is 85.7 cm³/mol. The Morgan fingerprint density at radius 2 is 1.86 bits per heavy atom. The maximum atomic E-state index is 12.2. The Kier molecular flexibility index (Phi) is 7.80. The number of rotatable bonds is 8. The smallest absolute Gasteiger partial charge is 0.328 e. The molecule has 1 N–H and O–H groups in total. The fraction of sp³-hybridized carbons (Fsp3) is 0.500. The molecule has 122 valence electrons. The van der Waals surface area contributed by atoms with Gasteiger partial charge in [-0.25, -0.2) is 4.79 Å². The van der Waals surface area contributed by atoms with E-state index < -0.39 is 22.8 Å². The van der Waals surface area contributed by atoms with Crippen LogP contribution in [0.2, 0.25) is 0 Å². The van der Waals surface area contributed by atoms with Gasteiger partial charge in [0.2, 0.25) is 5.91 Å². The fourth-order valence-electron chi connectivity index (χ4n) is 1.93. The molecular weight excluding hydrogens is 302 g/mol. The van der Waals surface area contributed by atoms with Gasteiger partial charge in [-0.05, 0) is 24.5 Å². The molecule has 1 aromatic carbocycles. The van der Waals surface area contributed by atoms with Gasteiger partial charge >= 0.3 is 5.97 Å². The van der Waals surface area contributed by atoms with E-state index in [1.165, 1.54) is 7.11 Å². The molecule has 0 aromatic heterocycles. The van der Waals surface area contributed by atoms with E-state index in [0.717, 1.165) is 0 Å². The maximum Gasteiger partial charge on any atom is 0.328 e. The molecule has 0 saturated carbocycles. The molecule has 0 fully saturated rings. The van der Waals surface area contributed by atoms with Crippen LogP contribution in [0.3, 0.4) is 0 Å². The normalized spacial score (nSPS) is 13.5. The van der Waals surface area contributed by atoms with Crippen LogP contribution in [0.5, 0.6) is 0 Å². The van der Waals surface area contributed by atoms with Crippen LogP contribution in [0, 0.1) is 5.92 Å². The van der Waals surface area contributed by atoms with Crippen LogP contribution in [-0.4, -0.2) is 35.0 Å². The molecule has 0 radical (unpaired) electrons. The minimum Gasteiger partial charge on any atom is -0.467 e. The molecule has 1 amide bonds. The summed E-state index contributed by atoms with van der Waals surface area (Å²) in [6, 6.07) is 8.28. The first-order valence-electron chi connectivity index (χ1n) is 7.24. The SMILES string of the molecule is COC(=O)[C@@H](CC[S@@](=O)c1ccccc1)NC(=O)CC(C)C. The van der Waals surface area contributed by atoms with Crippen molar-refractivity contribution in [2.24, 2.45) is 5.92 Å². The zero-order chi connectivity index (χ0) is 16.5. The highest BCUT2D eigenvalue weighted by Crippen LogP contribution is 2.09. The van der Waals surface area contributed by atoms with Crippen molar-refractivity contribution in [2.45, 2.75) is 37.6 Å². The summed E-state index contributed by atoms with van der Waals surface area (Å²) in [5.74, 6) is -0.221. The van der Waals surface area contributed by atoms with Crippen molar-refractivity contribution in [3.05, 3.63) is 30.3 Å². The Hall–Kier alpha value is -1.69. The molecule has 1 rings (SSSR count). The van der Waals surface area contributed by atoms with Crippen molar-refractivity contribution >= 4 is 22.7 Å². The molecule has 22 heavy (non-hydrogen) atoms. The number of carbonyl (C=O) groups is 2. The van der Waals surface area contributed by atoms with Gasteiger partial charge in [0, 0.05) is 17.1 Å². The van der Waals surface area contributed by atoms with Gasteiger partial charge in [0.05, 0.1) is 17.9 Å². The van der Waals surface area contributed by atoms with Crippen molar-refractivity contribution in [1.82, 2.24) is 5.32 Å². The van der Waals surface area contributed by atoms with Gasteiger partial charge in [-0.15, -0.1) is 0 Å². The van der Waals surface area contributed by atoms with Crippen molar-refractivity contribution < 1.29 is 18.5 Å². The van der Waals surface area contributed by atoms with Crippen LogP contribution >= 0.6 is 0 Å². The summed E-state index contributed by atoms with van der Waals surface area (Å²) in [6.45, 7) is 3.86. The number of hydrogen-bond donors (Lipinski definition) is 1. The van der Waals surface area contributed by atoms with Crippen LogP contribution in [0.15, 0.2) is 35.2 Å². The van der Waals surface area contributed by atoms with Crippen molar-refractivity contribution in [2.75, 3.05) is 12.9 Å². The van der Waals surface area contributed by atoms with Crippen LogP contribution in [-0.2, 0) is 25.1 Å². The summed E-state index contributed by atoms with van der Waals surface area (Å²) < 4.78 is 16.9. The van der Waals surface area contributed by atoms with E-state index in [1.54, 1.807) is 12.1 Å². The van der Waals surface area contributed by atoms with Crippen LogP contribution in [0.4, 0.5) is 0 Å². The van der Waals surface area contributed by atoms with E-state index in [0.29, 0.717) is 11.3 Å². The zero-order valence-corrected chi connectivity index (χ0v) is 14.0. The number of esters is 1. The standard InChI is InChI=1S/C16H23NO4S/c1-12(2)11-15(18)17-14(16(19)21-3)9-10-22(20)13-7-5-4-6-8-13/h4-8,12,14H,9-11H2,1-3H3,(H,17,18)/t14-,22-/m1/s1. The van der Waals surface area contributed by atoms with E-state index in [-0.39, 0.29) is 24.0 Å². The average Bonchev–Trinajstić information content (AvgIpc) is 2.50. The highest BCUT2D eigenvalue weighted by Gasteiger charge is 2.22. The van der Waals surface area contributed by atoms with E-state index >= 15 is 0 Å². The van der Waals surface area contributed by atoms with Crippen molar-refractivity contribution in [3.8, 4) is 0 Å². The first kappa shape index (κ1) is 18.4. The molecule has 0 spiro atoms. The highest BCUT2D eigenvalue weighted by atomic mass is 32.2. The third kappa shape index (κ3) is 6.39. The van der Waals surface area contributed by atoms with Gasteiger partial charge in [-0.3, -0.25) is 9.00 Å². The van der Waals surface area contributed by atoms with Gasteiger partial charge in [-0.2, -0.15) is 0 Å². The van der Waals surface area contributed by atoms with E-state index in [2.05, 4.69) is 5.32 Å². The number of benzene rings is 1. The van der Waals surface area contributed by atoms with E-state index in [4.69, 9.17) is 4.74 Å². The molecule has 0 saturated heterocycles. The Bertz CT molecular complexity index is 516. The lowest BCUT2D eigenvalue weighted by atomic mass is 10.1. The Morgan fingerprint density at radius 3 is 2.41 bits per heavy atom. The van der Waals surface area contributed by atoms with E-state index in [1.807, 2.05) is 32.0 Å². The molecule has 2 atom stereocenters. The molecule has 1 aromatic rings. The molecule has 0 aliphatic carbocycles. The van der Waals surface area contributed by atoms with Gasteiger partial charge in [0.15, 0.2) is 0 Å². The Labute approximate surface area is 133 Å². The number of hydrogen-bond acceptors (Lipinski definition) is 4. The van der Waals surface area contributed by atoms with Gasteiger partial charge in [0.1, 0.15) is 6.04 Å². The third-order valence-corrected chi connectivity index (χ3v) is 4.42. The lowest BCUT2D eigenvalue weighted by Gasteiger charge is -2.17. The summed E-state index contributed by atoms with van der Waals surface area (Å²) in [7, 11) is 0.0687. The van der Waals surface area contributed by atoms with E-state index in [9.17, 15) is 13.8 Å². The highest BCUT2D eigenvalue weighted by molar-refractivity contribution is 7.85. The Balaban J connectivity index is 2.60. The summed E-state index contributed by atoms with van der Waals surface area (Å²) in [5.41, 5.74) is 0. The minimum absolute atomic E-state index is 0.198. The molecule has 0 aliphatic rings. The lowest BCUT2D eigenvalue weighted by Crippen LogP contribution is -2.42. The molecule has 6 heteroatoms. The molecule has 5 nitrogen and oxygen atoms in total. The second-order valence-corrected chi connectivity index (χ2v) is 6.96. The topological polar surface area (TPSA) is 72.5 Å². The molecule has 0 unspecified atom stereocenters. The first-order chi connectivity index (χ1) is 10.4. The average molecular weight is 325 g/mol. The first-order valence-corrected chi connectivity index (χ1v) is 8.56. The largest absolute Gasteiger partial charge is 0.467 e. The lowest BCUT2D eigenvalue weighted by molar-refractivity contribution is -0.145. The molecule has 0 aliphatic heterocycles. The van der Waals surface area contributed by atoms with Crippen LogP contribution < -0.4 is 5.32 Å². The summed E-state index contributed by atoms with van der Waals surface area (Å²) in [6.07, 6.45) is 0.618. The second-order valence-electron chi connectivity index (χ2n) is 5.39. The monoisotopic (exact) mass is 325 g/mol. The number of methoxy groups -OCH3 is 1. The third-order valence-electron chi connectivity index (χ3n) is 3.01. The minimum atomic E-state index is -1.21. The maximum absolute atomic E-state index is 12.2. The molecule has 0 bridgehead atoms. The number of ether oxygens (including phenoxy) is 1. The van der Waals surface area contributed by atoms with Gasteiger partial charge in [0.25, 0.3) is 0 Å². The summed E-state index contributed by atoms with van der Waals surface area (Å²) in [5, 5.41) is 2.66. The van der Waals surface area contributed by atoms with Crippen LogP contribution in [0.1, 0.15) is 26.7 Å². The molecular formula is C16H23NO4S. The summed E-state index contributed by atoms with van der Waals surface area (Å²) in [4.78, 5) is 24.3. The fourth-order valence-corrected chi connectivity index (χ4v) is 3.08. The number of nitrogens with one attached hydrogen (secondary N) is 1. The quantitative estimate of drug-likeness (QED) is 0.741. The number of carbonyl (C=O) groups excluding carboxylic acids is 2. The Morgan fingerprint density at radius 1 is 1.23 bits per heavy atom. The second kappa shape index (κ2) is 9.35. The van der Waals surface area contributed by atoms with Crippen molar-refractivity contribution in [1.29, 1.82) is 0 Å². The predicted octanol–water partition coefficient (Wildman–Crippen LogP) is 1.89. The zero-order valence-electron chi connectivity index (χ0n) is 13.2. The van der Waals surface area contributed by atoms with Crippen molar-refractivity contribution in [3.63, 3.8) is 0 Å².